The van der Waals surface area contributed by atoms with Gasteiger partial charge in [-0.15, -0.1) is 0 Å². The highest BCUT2D eigenvalue weighted by molar-refractivity contribution is 5.94. The van der Waals surface area contributed by atoms with Crippen molar-refractivity contribution < 1.29 is 4.79 Å². The molecule has 2 N–H and O–H groups in total. The van der Waals surface area contributed by atoms with Crippen LogP contribution in [0.5, 0.6) is 0 Å². The summed E-state index contributed by atoms with van der Waals surface area (Å²) in [5.41, 5.74) is 2.08. The topological polar surface area (TPSA) is 79.8 Å². The number of amides is 1. The van der Waals surface area contributed by atoms with Gasteiger partial charge in [0.1, 0.15) is 0 Å². The number of benzene rings is 1. The maximum Gasteiger partial charge on any atom is 0.253 e. The van der Waals surface area contributed by atoms with E-state index in [1.54, 1.807) is 10.9 Å². The fraction of sp³-hybridized carbons (Fsp3) is 0.118. The molecule has 0 radical (unpaired) electrons. The lowest BCUT2D eigenvalue weighted by Crippen LogP contribution is -2.27. The molecule has 23 heavy (non-hydrogen) atoms. The van der Waals surface area contributed by atoms with Gasteiger partial charge in [-0.1, -0.05) is 12.1 Å². The Morgan fingerprint density at radius 1 is 1.26 bits per heavy atom. The van der Waals surface area contributed by atoms with Crippen LogP contribution in [0.1, 0.15) is 28.9 Å². The molecule has 0 spiro atoms. The van der Waals surface area contributed by atoms with Gasteiger partial charge in [-0.2, -0.15) is 5.10 Å². The summed E-state index contributed by atoms with van der Waals surface area (Å²) in [4.78, 5) is 25.7. The lowest BCUT2D eigenvalue weighted by molar-refractivity contribution is 0.0939. The first-order valence-corrected chi connectivity index (χ1v) is 7.23. The molecule has 0 aliphatic carbocycles. The number of pyridine rings is 1. The van der Waals surface area contributed by atoms with Gasteiger partial charge in [0.25, 0.3) is 5.91 Å². The van der Waals surface area contributed by atoms with Gasteiger partial charge in [0, 0.05) is 24.7 Å². The van der Waals surface area contributed by atoms with Crippen molar-refractivity contribution in [3.63, 3.8) is 0 Å². The third-order valence-corrected chi connectivity index (χ3v) is 3.53. The largest absolute Gasteiger partial charge is 0.345 e. The Morgan fingerprint density at radius 3 is 2.83 bits per heavy atom. The van der Waals surface area contributed by atoms with Crippen molar-refractivity contribution >= 4 is 5.91 Å². The minimum atomic E-state index is -0.238. The van der Waals surface area contributed by atoms with Crippen molar-refractivity contribution in [2.75, 3.05) is 0 Å². The minimum Gasteiger partial charge on any atom is -0.345 e. The van der Waals surface area contributed by atoms with E-state index in [0.29, 0.717) is 5.56 Å². The highest BCUT2D eigenvalue weighted by Gasteiger charge is 2.12. The third-order valence-electron chi connectivity index (χ3n) is 3.53. The van der Waals surface area contributed by atoms with Gasteiger partial charge in [0.15, 0.2) is 0 Å². The fourth-order valence-corrected chi connectivity index (χ4v) is 2.27. The zero-order valence-corrected chi connectivity index (χ0v) is 12.6. The van der Waals surface area contributed by atoms with Crippen molar-refractivity contribution in [2.24, 2.45) is 0 Å². The number of carbonyl (C=O) groups is 1. The van der Waals surface area contributed by atoms with Gasteiger partial charge in [-0.25, -0.2) is 4.68 Å². The molecule has 6 heteroatoms. The Bertz CT molecular complexity index is 848. The highest BCUT2D eigenvalue weighted by Crippen LogP contribution is 2.17. The molecule has 0 unspecified atom stereocenters. The molecule has 3 rings (SSSR count). The van der Waals surface area contributed by atoms with Gasteiger partial charge in [-0.3, -0.25) is 9.59 Å². The fourth-order valence-electron chi connectivity index (χ4n) is 2.27. The van der Waals surface area contributed by atoms with Crippen LogP contribution in [0.2, 0.25) is 0 Å². The summed E-state index contributed by atoms with van der Waals surface area (Å²) in [5, 5.41) is 7.11. The number of H-pyrrole nitrogens is 1. The molecule has 1 amide bonds. The molecule has 2 heterocycles. The van der Waals surface area contributed by atoms with Crippen LogP contribution in [0.15, 0.2) is 65.8 Å². The molecule has 0 bridgehead atoms. The van der Waals surface area contributed by atoms with Crippen molar-refractivity contribution in [1.29, 1.82) is 0 Å². The summed E-state index contributed by atoms with van der Waals surface area (Å²) in [5.74, 6) is -0.238. The normalized spacial score (nSPS) is 11.9. The highest BCUT2D eigenvalue weighted by atomic mass is 16.2. The van der Waals surface area contributed by atoms with Crippen molar-refractivity contribution in [3.8, 4) is 5.69 Å². The Kier molecular flexibility index (Phi) is 4.05. The second-order valence-electron chi connectivity index (χ2n) is 5.18. The zero-order chi connectivity index (χ0) is 16.2. The Hall–Kier alpha value is -3.15. The van der Waals surface area contributed by atoms with Crippen LogP contribution in [0.3, 0.4) is 0 Å². The average Bonchev–Trinajstić information content (AvgIpc) is 3.10. The van der Waals surface area contributed by atoms with Crippen LogP contribution in [0.25, 0.3) is 5.69 Å². The van der Waals surface area contributed by atoms with E-state index in [2.05, 4.69) is 15.4 Å². The van der Waals surface area contributed by atoms with Gasteiger partial charge < -0.3 is 10.3 Å². The zero-order valence-electron chi connectivity index (χ0n) is 12.6. The molecule has 0 aliphatic heterocycles. The summed E-state index contributed by atoms with van der Waals surface area (Å²) in [6.07, 6.45) is 4.99. The van der Waals surface area contributed by atoms with E-state index in [1.807, 2.05) is 43.5 Å². The molecule has 0 aliphatic rings. The van der Waals surface area contributed by atoms with Gasteiger partial charge in [0.05, 0.1) is 17.3 Å². The van der Waals surface area contributed by atoms with Gasteiger partial charge in [0.2, 0.25) is 5.56 Å². The molecule has 116 valence electrons. The molecule has 1 aromatic carbocycles. The number of nitrogens with zero attached hydrogens (tertiary/aromatic N) is 2. The molecular formula is C17H16N4O2. The van der Waals surface area contributed by atoms with Crippen molar-refractivity contribution in [2.45, 2.75) is 13.0 Å². The van der Waals surface area contributed by atoms with Crippen LogP contribution in [0.4, 0.5) is 0 Å². The number of aromatic nitrogens is 3. The number of carbonyl (C=O) groups excluding carboxylic acids is 1. The van der Waals surface area contributed by atoms with E-state index >= 15 is 0 Å². The first-order chi connectivity index (χ1) is 11.1. The van der Waals surface area contributed by atoms with E-state index in [1.165, 1.54) is 18.3 Å². The maximum atomic E-state index is 12.2. The summed E-state index contributed by atoms with van der Waals surface area (Å²) in [6, 6.07) is 12.3. The smallest absolute Gasteiger partial charge is 0.253 e. The molecule has 1 atom stereocenters. The lowest BCUT2D eigenvalue weighted by atomic mass is 10.1. The van der Waals surface area contributed by atoms with E-state index in [0.717, 1.165) is 11.3 Å². The molecular weight excluding hydrogens is 292 g/mol. The SMILES string of the molecule is C[C@H](NC(=O)c1ccc(=O)[nH]c1)c1cccc(-n2cccn2)c1. The van der Waals surface area contributed by atoms with Crippen LogP contribution >= 0.6 is 0 Å². The van der Waals surface area contributed by atoms with Gasteiger partial charge in [-0.05, 0) is 36.8 Å². The third kappa shape index (κ3) is 3.37. The lowest BCUT2D eigenvalue weighted by Gasteiger charge is -2.15. The molecule has 0 saturated heterocycles. The summed E-state index contributed by atoms with van der Waals surface area (Å²) in [7, 11) is 0. The summed E-state index contributed by atoms with van der Waals surface area (Å²) >= 11 is 0. The number of rotatable bonds is 4. The summed E-state index contributed by atoms with van der Waals surface area (Å²) in [6.45, 7) is 1.91. The molecule has 0 fully saturated rings. The molecule has 6 nitrogen and oxygen atoms in total. The van der Waals surface area contributed by atoms with Crippen molar-refractivity contribution in [3.05, 3.63) is 82.5 Å². The Labute approximate surface area is 132 Å². The van der Waals surface area contributed by atoms with E-state index in [4.69, 9.17) is 0 Å². The second kappa shape index (κ2) is 6.31. The van der Waals surface area contributed by atoms with Gasteiger partial charge >= 0.3 is 0 Å². The number of aromatic amines is 1. The number of hydrogen-bond acceptors (Lipinski definition) is 3. The predicted octanol–water partition coefficient (Wildman–Crippen LogP) is 2.05. The Morgan fingerprint density at radius 2 is 2.13 bits per heavy atom. The van der Waals surface area contributed by atoms with Crippen LogP contribution < -0.4 is 10.9 Å². The van der Waals surface area contributed by atoms with E-state index in [-0.39, 0.29) is 17.5 Å². The minimum absolute atomic E-state index is 0.176. The monoisotopic (exact) mass is 308 g/mol. The van der Waals surface area contributed by atoms with E-state index in [9.17, 15) is 9.59 Å². The molecule has 2 aromatic heterocycles. The Balaban J connectivity index is 1.76. The molecule has 0 saturated carbocycles. The van der Waals surface area contributed by atoms with Crippen LogP contribution in [-0.4, -0.2) is 20.7 Å². The van der Waals surface area contributed by atoms with Crippen molar-refractivity contribution in [1.82, 2.24) is 20.1 Å². The number of hydrogen-bond donors (Lipinski definition) is 2. The van der Waals surface area contributed by atoms with Crippen LogP contribution in [-0.2, 0) is 0 Å². The quantitative estimate of drug-likeness (QED) is 0.774. The predicted molar refractivity (Wildman–Crippen MR) is 86.5 cm³/mol. The number of nitrogens with one attached hydrogen (secondary N) is 2. The first kappa shape index (κ1) is 14.8. The first-order valence-electron chi connectivity index (χ1n) is 7.23. The molecule has 3 aromatic rings. The standard InChI is InChI=1S/C17H16N4O2/c1-12(20-17(23)14-6-7-16(22)18-11-14)13-4-2-5-15(10-13)21-9-3-8-19-21/h2-12H,1H3,(H,18,22)(H,20,23)/t12-/m0/s1. The average molecular weight is 308 g/mol. The van der Waals surface area contributed by atoms with E-state index < -0.39 is 0 Å². The summed E-state index contributed by atoms with van der Waals surface area (Å²) < 4.78 is 1.76. The maximum absolute atomic E-state index is 12.2. The van der Waals surface area contributed by atoms with Crippen LogP contribution in [0, 0.1) is 0 Å². The second-order valence-corrected chi connectivity index (χ2v) is 5.18.